The lowest BCUT2D eigenvalue weighted by molar-refractivity contribution is 0.0711. The fourth-order valence-corrected chi connectivity index (χ4v) is 2.69. The Morgan fingerprint density at radius 3 is 2.40 bits per heavy atom. The van der Waals surface area contributed by atoms with Crippen molar-refractivity contribution in [2.45, 2.75) is 13.1 Å². The molecule has 0 N–H and O–H groups in total. The summed E-state index contributed by atoms with van der Waals surface area (Å²) in [5, 5.41) is 0.200. The van der Waals surface area contributed by atoms with Gasteiger partial charge in [-0.1, -0.05) is 29.8 Å². The molecule has 6 heteroatoms. The molecule has 3 nitrogen and oxygen atoms in total. The molecule has 1 heterocycles. The molecule has 0 atom stereocenters. The summed E-state index contributed by atoms with van der Waals surface area (Å²) >= 11 is 6.06. The van der Waals surface area contributed by atoms with Crippen molar-refractivity contribution in [2.75, 3.05) is 0 Å². The van der Waals surface area contributed by atoms with Crippen LogP contribution in [0.3, 0.4) is 0 Å². The van der Waals surface area contributed by atoms with Gasteiger partial charge < -0.3 is 9.32 Å². The van der Waals surface area contributed by atoms with Crippen molar-refractivity contribution in [1.29, 1.82) is 0 Å². The normalized spacial score (nSPS) is 10.7. The van der Waals surface area contributed by atoms with E-state index in [1.54, 1.807) is 24.3 Å². The Kier molecular flexibility index (Phi) is 5.14. The number of carbonyl (C=O) groups is 1. The summed E-state index contributed by atoms with van der Waals surface area (Å²) in [5.74, 6) is -1.25. The summed E-state index contributed by atoms with van der Waals surface area (Å²) in [5.41, 5.74) is 0.0712. The number of furan rings is 1. The van der Waals surface area contributed by atoms with Crippen LogP contribution in [0.4, 0.5) is 8.78 Å². The maximum absolute atomic E-state index is 14.1. The molecule has 0 saturated heterocycles. The summed E-state index contributed by atoms with van der Waals surface area (Å²) in [6.07, 6.45) is 1.47. The van der Waals surface area contributed by atoms with Crippen molar-refractivity contribution in [3.05, 3.63) is 94.4 Å². The maximum Gasteiger partial charge on any atom is 0.257 e. The molecule has 25 heavy (non-hydrogen) atoms. The Balaban J connectivity index is 1.95. The van der Waals surface area contributed by atoms with Gasteiger partial charge in [0.2, 0.25) is 0 Å². The van der Waals surface area contributed by atoms with Crippen LogP contribution in [-0.4, -0.2) is 10.8 Å². The third-order valence-electron chi connectivity index (χ3n) is 3.73. The number of carbonyl (C=O) groups excluding carboxylic acids is 1. The quantitative estimate of drug-likeness (QED) is 0.637. The second-order valence-electron chi connectivity index (χ2n) is 5.42. The summed E-state index contributed by atoms with van der Waals surface area (Å²) in [6.45, 7) is -0.0514. The Bertz CT molecular complexity index is 861. The van der Waals surface area contributed by atoms with Gasteiger partial charge in [0, 0.05) is 10.6 Å². The largest absolute Gasteiger partial charge is 0.467 e. The number of rotatable bonds is 5. The van der Waals surface area contributed by atoms with Crippen LogP contribution in [0, 0.1) is 11.6 Å². The monoisotopic (exact) mass is 361 g/mol. The molecular weight excluding hydrogens is 348 g/mol. The van der Waals surface area contributed by atoms with Gasteiger partial charge in [0.1, 0.15) is 17.4 Å². The third kappa shape index (κ3) is 3.88. The van der Waals surface area contributed by atoms with Crippen LogP contribution in [0.25, 0.3) is 0 Å². The van der Waals surface area contributed by atoms with Gasteiger partial charge in [-0.15, -0.1) is 0 Å². The summed E-state index contributed by atoms with van der Waals surface area (Å²) in [7, 11) is 0. The Morgan fingerprint density at radius 1 is 0.960 bits per heavy atom. The number of benzene rings is 2. The number of amides is 1. The van der Waals surface area contributed by atoms with E-state index in [2.05, 4.69) is 0 Å². The van der Waals surface area contributed by atoms with Gasteiger partial charge in [-0.05, 0) is 36.4 Å². The van der Waals surface area contributed by atoms with Gasteiger partial charge in [0.05, 0.1) is 24.9 Å². The first-order valence-electron chi connectivity index (χ1n) is 7.55. The lowest BCUT2D eigenvalue weighted by Gasteiger charge is -2.23. The Morgan fingerprint density at radius 2 is 1.72 bits per heavy atom. The van der Waals surface area contributed by atoms with Crippen LogP contribution in [0.1, 0.15) is 21.7 Å². The zero-order chi connectivity index (χ0) is 17.8. The van der Waals surface area contributed by atoms with Crippen LogP contribution in [0.15, 0.2) is 65.3 Å². The highest BCUT2D eigenvalue weighted by Gasteiger charge is 2.22. The fourth-order valence-electron chi connectivity index (χ4n) is 2.47. The minimum atomic E-state index is -0.642. The third-order valence-corrected chi connectivity index (χ3v) is 4.08. The number of halogens is 3. The number of nitrogens with zero attached hydrogens (tertiary/aromatic N) is 1. The topological polar surface area (TPSA) is 33.5 Å². The van der Waals surface area contributed by atoms with Crippen molar-refractivity contribution in [1.82, 2.24) is 4.90 Å². The van der Waals surface area contributed by atoms with Crippen molar-refractivity contribution in [3.63, 3.8) is 0 Å². The van der Waals surface area contributed by atoms with E-state index >= 15 is 0 Å². The highest BCUT2D eigenvalue weighted by atomic mass is 35.5. The molecule has 0 aliphatic carbocycles. The zero-order valence-corrected chi connectivity index (χ0v) is 13.8. The molecule has 0 fully saturated rings. The van der Waals surface area contributed by atoms with Crippen molar-refractivity contribution in [3.8, 4) is 0 Å². The smallest absolute Gasteiger partial charge is 0.257 e. The fraction of sp³-hybridized carbons (Fsp3) is 0.105. The van der Waals surface area contributed by atoms with Crippen LogP contribution >= 0.6 is 11.6 Å². The molecule has 128 valence electrons. The molecule has 0 radical (unpaired) electrons. The summed E-state index contributed by atoms with van der Waals surface area (Å²) in [4.78, 5) is 14.1. The van der Waals surface area contributed by atoms with Crippen molar-refractivity contribution < 1.29 is 18.0 Å². The molecule has 0 bridgehead atoms. The average molecular weight is 362 g/mol. The van der Waals surface area contributed by atoms with Crippen LogP contribution in [0.5, 0.6) is 0 Å². The lowest BCUT2D eigenvalue weighted by atomic mass is 10.1. The first kappa shape index (κ1) is 17.2. The van der Waals surface area contributed by atoms with E-state index in [0.29, 0.717) is 5.76 Å². The predicted molar refractivity (Wildman–Crippen MR) is 90.1 cm³/mol. The minimum absolute atomic E-state index is 0.0603. The first-order valence-corrected chi connectivity index (χ1v) is 7.93. The summed E-state index contributed by atoms with van der Waals surface area (Å²) < 4.78 is 33.4. The van der Waals surface area contributed by atoms with Crippen LogP contribution < -0.4 is 0 Å². The van der Waals surface area contributed by atoms with Crippen molar-refractivity contribution >= 4 is 17.5 Å². The summed E-state index contributed by atoms with van der Waals surface area (Å²) in [6, 6.07) is 13.3. The molecule has 1 amide bonds. The van der Waals surface area contributed by atoms with Gasteiger partial charge in [-0.25, -0.2) is 8.78 Å². The highest BCUT2D eigenvalue weighted by molar-refractivity contribution is 6.31. The molecular formula is C19H14ClF2NO2. The molecule has 3 aromatic rings. The van der Waals surface area contributed by atoms with Gasteiger partial charge >= 0.3 is 0 Å². The standard InChI is InChI=1S/C19H14ClF2NO2/c20-16-7-3-9-18(22)15(16)12-23(11-13-5-4-10-25-13)19(24)14-6-1-2-8-17(14)21/h1-10H,11-12H2. The predicted octanol–water partition coefficient (Wildman–Crippen LogP) is 5.05. The van der Waals surface area contributed by atoms with E-state index in [9.17, 15) is 13.6 Å². The Labute approximate surface area is 148 Å². The van der Waals surface area contributed by atoms with Crippen LogP contribution in [-0.2, 0) is 13.1 Å². The molecule has 0 aliphatic rings. The minimum Gasteiger partial charge on any atom is -0.467 e. The van der Waals surface area contributed by atoms with E-state index in [4.69, 9.17) is 16.0 Å². The Hall–Kier alpha value is -2.66. The molecule has 0 aliphatic heterocycles. The van der Waals surface area contributed by atoms with Gasteiger partial charge in [0.15, 0.2) is 0 Å². The second-order valence-corrected chi connectivity index (χ2v) is 5.83. The van der Waals surface area contributed by atoms with E-state index < -0.39 is 17.5 Å². The SMILES string of the molecule is O=C(c1ccccc1F)N(Cc1ccco1)Cc1c(F)cccc1Cl. The zero-order valence-electron chi connectivity index (χ0n) is 13.1. The second kappa shape index (κ2) is 7.49. The first-order chi connectivity index (χ1) is 12.1. The maximum atomic E-state index is 14.1. The molecule has 3 rings (SSSR count). The van der Waals surface area contributed by atoms with Gasteiger partial charge in [-0.3, -0.25) is 4.79 Å². The van der Waals surface area contributed by atoms with E-state index in [1.807, 2.05) is 0 Å². The van der Waals surface area contributed by atoms with E-state index in [0.717, 1.165) is 0 Å². The number of hydrogen-bond acceptors (Lipinski definition) is 2. The lowest BCUT2D eigenvalue weighted by Crippen LogP contribution is -2.31. The molecule has 0 saturated carbocycles. The van der Waals surface area contributed by atoms with E-state index in [-0.39, 0.29) is 29.2 Å². The van der Waals surface area contributed by atoms with Crippen LogP contribution in [0.2, 0.25) is 5.02 Å². The average Bonchev–Trinajstić information content (AvgIpc) is 3.10. The van der Waals surface area contributed by atoms with E-state index in [1.165, 1.54) is 41.5 Å². The highest BCUT2D eigenvalue weighted by Crippen LogP contribution is 2.23. The molecule has 1 aromatic heterocycles. The molecule has 0 spiro atoms. The van der Waals surface area contributed by atoms with Gasteiger partial charge in [0.25, 0.3) is 5.91 Å². The number of hydrogen-bond donors (Lipinski definition) is 0. The molecule has 0 unspecified atom stereocenters. The van der Waals surface area contributed by atoms with Crippen molar-refractivity contribution in [2.24, 2.45) is 0 Å². The molecule has 2 aromatic carbocycles. The van der Waals surface area contributed by atoms with Gasteiger partial charge in [-0.2, -0.15) is 0 Å².